The first-order valence-electron chi connectivity index (χ1n) is 4.31. The summed E-state index contributed by atoms with van der Waals surface area (Å²) in [4.78, 5) is 10.2. The fourth-order valence-electron chi connectivity index (χ4n) is 0.335. The summed E-state index contributed by atoms with van der Waals surface area (Å²) in [6.07, 6.45) is -1.54. The summed E-state index contributed by atoms with van der Waals surface area (Å²) in [6.45, 7) is 3.48. The fraction of sp³-hybridized carbons (Fsp3) is 0.875. The van der Waals surface area contributed by atoms with Crippen LogP contribution in [-0.4, -0.2) is 54.0 Å². The molecule has 0 heterocycles. The second-order valence-electron chi connectivity index (χ2n) is 2.13. The van der Waals surface area contributed by atoms with Crippen LogP contribution in [0.5, 0.6) is 0 Å². The van der Waals surface area contributed by atoms with Gasteiger partial charge in [0.25, 0.3) is 0 Å². The third kappa shape index (κ3) is 13.7. The van der Waals surface area contributed by atoms with E-state index in [9.17, 15) is 4.79 Å². The van der Waals surface area contributed by atoms with Crippen LogP contribution in [-0.2, 0) is 9.47 Å². The normalized spacial score (nSPS) is 9.00. The molecule has 0 aromatic heterocycles. The highest BCUT2D eigenvalue weighted by Crippen LogP contribution is 1.81. The first-order valence-corrected chi connectivity index (χ1v) is 4.31. The molecule has 0 spiro atoms. The maximum atomic E-state index is 10.2. The summed E-state index contributed by atoms with van der Waals surface area (Å²) in [6, 6.07) is 0. The van der Waals surface area contributed by atoms with Crippen molar-refractivity contribution in [3.63, 3.8) is 0 Å². The lowest BCUT2D eigenvalue weighted by Crippen LogP contribution is -2.15. The molecule has 6 heteroatoms. The minimum Gasteiger partial charge on any atom is -0.435 e. The maximum absolute atomic E-state index is 10.2. The molecule has 0 fully saturated rings. The zero-order chi connectivity index (χ0) is 11.4. The van der Waals surface area contributed by atoms with E-state index in [-0.39, 0.29) is 13.2 Å². The van der Waals surface area contributed by atoms with E-state index in [1.165, 1.54) is 0 Å². The lowest BCUT2D eigenvalue weighted by molar-refractivity contribution is 0.0450. The Balaban J connectivity index is 0. The number of hydrogen-bond donors (Lipinski definition) is 3. The number of aliphatic hydroxyl groups is 3. The topological polar surface area (TPSA) is 96.2 Å². The summed E-state index contributed by atoms with van der Waals surface area (Å²) in [5.74, 6) is 0. The molecule has 0 aromatic rings. The summed E-state index contributed by atoms with van der Waals surface area (Å²) in [5.41, 5.74) is 0. The Morgan fingerprint density at radius 2 is 1.50 bits per heavy atom. The van der Waals surface area contributed by atoms with Crippen LogP contribution in [0.25, 0.3) is 0 Å². The van der Waals surface area contributed by atoms with Crippen molar-refractivity contribution < 1.29 is 29.6 Å². The highest BCUT2D eigenvalue weighted by molar-refractivity contribution is 5.59. The Labute approximate surface area is 83.1 Å². The van der Waals surface area contributed by atoms with Gasteiger partial charge in [0, 0.05) is 0 Å². The molecule has 0 aliphatic carbocycles. The molecule has 0 radical (unpaired) electrons. The third-order valence-corrected chi connectivity index (χ3v) is 0.946. The SMILES string of the molecule is CCOC(=O)OCC.OCC(O)CO. The quantitative estimate of drug-likeness (QED) is 0.542. The maximum Gasteiger partial charge on any atom is 0.508 e. The third-order valence-electron chi connectivity index (χ3n) is 0.946. The van der Waals surface area contributed by atoms with Gasteiger partial charge in [-0.3, -0.25) is 0 Å². The molecule has 0 aliphatic heterocycles. The summed E-state index contributed by atoms with van der Waals surface area (Å²) in [7, 11) is 0. The first kappa shape index (κ1) is 15.6. The van der Waals surface area contributed by atoms with E-state index >= 15 is 0 Å². The molecule has 14 heavy (non-hydrogen) atoms. The van der Waals surface area contributed by atoms with Gasteiger partial charge in [-0.05, 0) is 13.8 Å². The van der Waals surface area contributed by atoms with Crippen LogP contribution < -0.4 is 0 Å². The minimum atomic E-state index is -0.954. The van der Waals surface area contributed by atoms with Crippen molar-refractivity contribution in [2.24, 2.45) is 0 Å². The molecular weight excluding hydrogens is 192 g/mol. The van der Waals surface area contributed by atoms with Gasteiger partial charge in [-0.25, -0.2) is 4.79 Å². The lowest BCUT2D eigenvalue weighted by atomic mass is 10.4. The van der Waals surface area contributed by atoms with E-state index in [0.29, 0.717) is 13.2 Å². The summed E-state index contributed by atoms with van der Waals surface area (Å²) in [5, 5.41) is 24.0. The van der Waals surface area contributed by atoms with Gasteiger partial charge < -0.3 is 24.8 Å². The Kier molecular flexibility index (Phi) is 13.6. The van der Waals surface area contributed by atoms with Gasteiger partial charge >= 0.3 is 6.16 Å². The number of ether oxygens (including phenoxy) is 2. The second-order valence-corrected chi connectivity index (χ2v) is 2.13. The van der Waals surface area contributed by atoms with Crippen molar-refractivity contribution >= 4 is 6.16 Å². The van der Waals surface area contributed by atoms with Crippen LogP contribution in [0.3, 0.4) is 0 Å². The molecule has 0 rings (SSSR count). The monoisotopic (exact) mass is 210 g/mol. The molecule has 0 aromatic carbocycles. The number of aliphatic hydroxyl groups excluding tert-OH is 3. The van der Waals surface area contributed by atoms with Crippen molar-refractivity contribution in [3.8, 4) is 0 Å². The van der Waals surface area contributed by atoms with Gasteiger partial charge in [0.2, 0.25) is 0 Å². The number of carbonyl (C=O) groups excluding carboxylic acids is 1. The van der Waals surface area contributed by atoms with E-state index in [0.717, 1.165) is 0 Å². The Morgan fingerprint density at radius 1 is 1.14 bits per heavy atom. The van der Waals surface area contributed by atoms with E-state index in [2.05, 4.69) is 9.47 Å². The zero-order valence-electron chi connectivity index (χ0n) is 8.47. The van der Waals surface area contributed by atoms with Crippen LogP contribution in [0.2, 0.25) is 0 Å². The Bertz CT molecular complexity index is 115. The molecular formula is C8H18O6. The van der Waals surface area contributed by atoms with Gasteiger partial charge in [0.15, 0.2) is 0 Å². The van der Waals surface area contributed by atoms with Crippen LogP contribution in [0.4, 0.5) is 4.79 Å². The molecule has 0 saturated carbocycles. The molecule has 0 atom stereocenters. The van der Waals surface area contributed by atoms with E-state index in [4.69, 9.17) is 15.3 Å². The predicted octanol–water partition coefficient (Wildman–Crippen LogP) is -0.489. The van der Waals surface area contributed by atoms with Gasteiger partial charge in [-0.15, -0.1) is 0 Å². The second kappa shape index (κ2) is 12.2. The largest absolute Gasteiger partial charge is 0.508 e. The summed E-state index contributed by atoms with van der Waals surface area (Å²) < 4.78 is 8.84. The molecule has 0 saturated heterocycles. The van der Waals surface area contributed by atoms with E-state index in [1.54, 1.807) is 13.8 Å². The molecule has 0 bridgehead atoms. The van der Waals surface area contributed by atoms with Gasteiger partial charge in [-0.2, -0.15) is 0 Å². The zero-order valence-corrected chi connectivity index (χ0v) is 8.47. The molecule has 3 N–H and O–H groups in total. The number of hydrogen-bond acceptors (Lipinski definition) is 6. The van der Waals surface area contributed by atoms with Crippen LogP contribution in [0.15, 0.2) is 0 Å². The van der Waals surface area contributed by atoms with Crippen molar-refractivity contribution in [2.75, 3.05) is 26.4 Å². The van der Waals surface area contributed by atoms with Crippen molar-refractivity contribution in [1.82, 2.24) is 0 Å². The fourth-order valence-corrected chi connectivity index (χ4v) is 0.335. The van der Waals surface area contributed by atoms with Crippen molar-refractivity contribution in [2.45, 2.75) is 20.0 Å². The Hall–Kier alpha value is -0.850. The highest BCUT2D eigenvalue weighted by atomic mass is 16.7. The lowest BCUT2D eigenvalue weighted by Gasteiger charge is -1.98. The molecule has 0 aliphatic rings. The minimum absolute atomic E-state index is 0.365. The van der Waals surface area contributed by atoms with Gasteiger partial charge in [0.1, 0.15) is 6.10 Å². The molecule has 86 valence electrons. The van der Waals surface area contributed by atoms with Gasteiger partial charge in [-0.1, -0.05) is 0 Å². The van der Waals surface area contributed by atoms with E-state index < -0.39 is 12.3 Å². The Morgan fingerprint density at radius 3 is 1.64 bits per heavy atom. The van der Waals surface area contributed by atoms with Crippen LogP contribution in [0.1, 0.15) is 13.8 Å². The summed E-state index contributed by atoms with van der Waals surface area (Å²) >= 11 is 0. The molecule has 0 unspecified atom stereocenters. The predicted molar refractivity (Wildman–Crippen MR) is 48.8 cm³/mol. The number of rotatable bonds is 4. The van der Waals surface area contributed by atoms with Crippen LogP contribution in [0, 0.1) is 0 Å². The number of carbonyl (C=O) groups is 1. The van der Waals surface area contributed by atoms with E-state index in [1.807, 2.05) is 0 Å². The van der Waals surface area contributed by atoms with Crippen molar-refractivity contribution in [1.29, 1.82) is 0 Å². The highest BCUT2D eigenvalue weighted by Gasteiger charge is 1.96. The molecule has 6 nitrogen and oxygen atoms in total. The average Bonchev–Trinajstić information content (AvgIpc) is 2.18. The first-order chi connectivity index (χ1) is 6.62. The van der Waals surface area contributed by atoms with Crippen LogP contribution >= 0.6 is 0 Å². The van der Waals surface area contributed by atoms with Crippen molar-refractivity contribution in [3.05, 3.63) is 0 Å². The average molecular weight is 210 g/mol. The van der Waals surface area contributed by atoms with Gasteiger partial charge in [0.05, 0.1) is 26.4 Å². The smallest absolute Gasteiger partial charge is 0.435 e. The molecule has 0 amide bonds. The standard InChI is InChI=1S/C5H10O3.C3H8O3/c1-3-7-5(6)8-4-2;4-1-3(6)2-5/h3-4H2,1-2H3;3-6H,1-2H2.